The minimum atomic E-state index is 0.440. The maximum atomic E-state index is 4.78. The summed E-state index contributed by atoms with van der Waals surface area (Å²) in [4.78, 5) is 11.8. The van der Waals surface area contributed by atoms with Crippen molar-refractivity contribution in [1.82, 2.24) is 25.1 Å². The van der Waals surface area contributed by atoms with Crippen molar-refractivity contribution < 1.29 is 0 Å². The van der Waals surface area contributed by atoms with Gasteiger partial charge in [-0.25, -0.2) is 9.98 Å². The van der Waals surface area contributed by atoms with Gasteiger partial charge in [-0.1, -0.05) is 20.8 Å². The standard InChI is InChI=1S/C19H36N6/c1-7-20-19(23-17-13-25(15(4)5)12-16(17)6)22-10-18-21-8-9-24(18)11-14(2)3/h8-9,14-17H,7,10-13H2,1-6H3,(H2,20,22,23). The number of guanidine groups is 1. The highest BCUT2D eigenvalue weighted by Crippen LogP contribution is 2.18. The van der Waals surface area contributed by atoms with E-state index >= 15 is 0 Å². The van der Waals surface area contributed by atoms with Crippen LogP contribution in [-0.2, 0) is 13.1 Å². The Morgan fingerprint density at radius 1 is 1.32 bits per heavy atom. The number of aromatic nitrogens is 2. The lowest BCUT2D eigenvalue weighted by Crippen LogP contribution is -2.46. The lowest BCUT2D eigenvalue weighted by atomic mass is 10.1. The molecule has 0 bridgehead atoms. The van der Waals surface area contributed by atoms with Crippen molar-refractivity contribution in [3.05, 3.63) is 18.2 Å². The number of nitrogens with one attached hydrogen (secondary N) is 2. The predicted octanol–water partition coefficient (Wildman–Crippen LogP) is 2.32. The van der Waals surface area contributed by atoms with Crippen LogP contribution in [0, 0.1) is 11.8 Å². The molecule has 1 aliphatic heterocycles. The number of hydrogen-bond acceptors (Lipinski definition) is 3. The molecule has 1 saturated heterocycles. The van der Waals surface area contributed by atoms with Gasteiger partial charge in [0.1, 0.15) is 12.4 Å². The van der Waals surface area contributed by atoms with E-state index < -0.39 is 0 Å². The highest BCUT2D eigenvalue weighted by Gasteiger charge is 2.31. The number of imidazole rings is 1. The van der Waals surface area contributed by atoms with Gasteiger partial charge in [0.25, 0.3) is 0 Å². The molecular weight excluding hydrogens is 312 g/mol. The van der Waals surface area contributed by atoms with Crippen molar-refractivity contribution in [1.29, 1.82) is 0 Å². The lowest BCUT2D eigenvalue weighted by molar-refractivity contribution is 0.265. The van der Waals surface area contributed by atoms with Gasteiger partial charge in [-0.05, 0) is 32.6 Å². The van der Waals surface area contributed by atoms with Gasteiger partial charge in [0, 0.05) is 50.7 Å². The van der Waals surface area contributed by atoms with Crippen LogP contribution in [0.1, 0.15) is 47.4 Å². The van der Waals surface area contributed by atoms with Gasteiger partial charge in [0.15, 0.2) is 5.96 Å². The summed E-state index contributed by atoms with van der Waals surface area (Å²) in [7, 11) is 0. The third-order valence-electron chi connectivity index (χ3n) is 4.78. The molecule has 6 nitrogen and oxygen atoms in total. The Kier molecular flexibility index (Phi) is 7.29. The molecule has 1 fully saturated rings. The van der Waals surface area contributed by atoms with Crippen LogP contribution in [-0.4, -0.2) is 52.1 Å². The largest absolute Gasteiger partial charge is 0.357 e. The molecule has 2 atom stereocenters. The smallest absolute Gasteiger partial charge is 0.191 e. The number of likely N-dealkylation sites (tertiary alicyclic amines) is 1. The molecule has 0 saturated carbocycles. The number of rotatable bonds is 7. The lowest BCUT2D eigenvalue weighted by Gasteiger charge is -2.22. The first-order valence-corrected chi connectivity index (χ1v) is 9.69. The fourth-order valence-electron chi connectivity index (χ4n) is 3.31. The van der Waals surface area contributed by atoms with E-state index in [1.807, 2.05) is 12.4 Å². The quantitative estimate of drug-likeness (QED) is 0.586. The molecule has 142 valence electrons. The summed E-state index contributed by atoms with van der Waals surface area (Å²) in [6, 6.07) is 1.04. The van der Waals surface area contributed by atoms with Gasteiger partial charge >= 0.3 is 0 Å². The first-order valence-electron chi connectivity index (χ1n) is 9.69. The van der Waals surface area contributed by atoms with Gasteiger partial charge < -0.3 is 15.2 Å². The molecule has 25 heavy (non-hydrogen) atoms. The van der Waals surface area contributed by atoms with Gasteiger partial charge in [0.05, 0.1) is 0 Å². The maximum Gasteiger partial charge on any atom is 0.191 e. The Morgan fingerprint density at radius 3 is 2.68 bits per heavy atom. The summed E-state index contributed by atoms with van der Waals surface area (Å²) in [6.45, 7) is 18.1. The highest BCUT2D eigenvalue weighted by atomic mass is 15.3. The molecule has 0 aromatic carbocycles. The van der Waals surface area contributed by atoms with E-state index in [0.29, 0.717) is 30.5 Å². The Balaban J connectivity index is 2.00. The van der Waals surface area contributed by atoms with Crippen LogP contribution in [0.3, 0.4) is 0 Å². The van der Waals surface area contributed by atoms with E-state index in [0.717, 1.165) is 38.0 Å². The minimum Gasteiger partial charge on any atom is -0.357 e. The second kappa shape index (κ2) is 9.22. The first kappa shape index (κ1) is 19.8. The van der Waals surface area contributed by atoms with Crippen molar-refractivity contribution in [2.75, 3.05) is 19.6 Å². The van der Waals surface area contributed by atoms with Gasteiger partial charge in [0.2, 0.25) is 0 Å². The average molecular weight is 349 g/mol. The average Bonchev–Trinajstić information content (AvgIpc) is 3.12. The summed E-state index contributed by atoms with van der Waals surface area (Å²) in [5.74, 6) is 3.14. The van der Waals surface area contributed by atoms with Gasteiger partial charge in [-0.2, -0.15) is 0 Å². The normalized spacial score (nSPS) is 22.2. The molecule has 0 radical (unpaired) electrons. The summed E-state index contributed by atoms with van der Waals surface area (Å²) in [5.41, 5.74) is 0. The van der Waals surface area contributed by atoms with Crippen LogP contribution in [0.5, 0.6) is 0 Å². The molecule has 1 aromatic rings. The second-order valence-corrected chi connectivity index (χ2v) is 7.86. The fraction of sp³-hybridized carbons (Fsp3) is 0.789. The summed E-state index contributed by atoms with van der Waals surface area (Å²) >= 11 is 0. The molecule has 2 heterocycles. The summed E-state index contributed by atoms with van der Waals surface area (Å²) in [6.07, 6.45) is 3.91. The zero-order valence-electron chi connectivity index (χ0n) is 16.8. The molecule has 1 aliphatic rings. The molecule has 2 rings (SSSR count). The minimum absolute atomic E-state index is 0.440. The zero-order valence-corrected chi connectivity index (χ0v) is 16.8. The molecule has 2 N–H and O–H groups in total. The molecule has 1 aromatic heterocycles. The van der Waals surface area contributed by atoms with E-state index in [4.69, 9.17) is 4.99 Å². The van der Waals surface area contributed by atoms with E-state index in [-0.39, 0.29) is 0 Å². The van der Waals surface area contributed by atoms with Crippen LogP contribution in [0.2, 0.25) is 0 Å². The third-order valence-corrected chi connectivity index (χ3v) is 4.78. The predicted molar refractivity (Wildman–Crippen MR) is 105 cm³/mol. The molecule has 6 heteroatoms. The van der Waals surface area contributed by atoms with Crippen LogP contribution in [0.15, 0.2) is 17.4 Å². The van der Waals surface area contributed by atoms with E-state index in [9.17, 15) is 0 Å². The molecule has 0 amide bonds. The maximum absolute atomic E-state index is 4.78. The van der Waals surface area contributed by atoms with E-state index in [2.05, 4.69) is 66.6 Å². The van der Waals surface area contributed by atoms with Crippen molar-refractivity contribution in [2.45, 2.75) is 66.7 Å². The van der Waals surface area contributed by atoms with Crippen LogP contribution in [0.25, 0.3) is 0 Å². The number of hydrogen-bond donors (Lipinski definition) is 2. The first-order chi connectivity index (χ1) is 11.9. The highest BCUT2D eigenvalue weighted by molar-refractivity contribution is 5.80. The number of aliphatic imine (C=N–C) groups is 1. The van der Waals surface area contributed by atoms with Crippen molar-refractivity contribution in [3.8, 4) is 0 Å². The third kappa shape index (κ3) is 5.73. The fourth-order valence-corrected chi connectivity index (χ4v) is 3.31. The zero-order chi connectivity index (χ0) is 18.4. The van der Waals surface area contributed by atoms with Crippen molar-refractivity contribution >= 4 is 5.96 Å². The molecule has 2 unspecified atom stereocenters. The Bertz CT molecular complexity index is 548. The van der Waals surface area contributed by atoms with E-state index in [1.165, 1.54) is 0 Å². The summed E-state index contributed by atoms with van der Waals surface area (Å²) in [5, 5.41) is 7.01. The van der Waals surface area contributed by atoms with Crippen molar-refractivity contribution in [2.24, 2.45) is 16.8 Å². The SMILES string of the molecule is CCNC(=NCc1nccn1CC(C)C)NC1CN(C(C)C)CC1C. The van der Waals surface area contributed by atoms with E-state index in [1.54, 1.807) is 0 Å². The molecular formula is C19H36N6. The number of nitrogens with zero attached hydrogens (tertiary/aromatic N) is 4. The topological polar surface area (TPSA) is 57.5 Å². The van der Waals surface area contributed by atoms with Crippen molar-refractivity contribution in [3.63, 3.8) is 0 Å². The monoisotopic (exact) mass is 348 g/mol. The molecule has 0 aliphatic carbocycles. The van der Waals surface area contributed by atoms with Crippen LogP contribution < -0.4 is 10.6 Å². The van der Waals surface area contributed by atoms with Gasteiger partial charge in [-0.3, -0.25) is 4.90 Å². The Labute approximate surface area is 153 Å². The second-order valence-electron chi connectivity index (χ2n) is 7.86. The Morgan fingerprint density at radius 2 is 2.08 bits per heavy atom. The van der Waals surface area contributed by atoms with Crippen LogP contribution in [0.4, 0.5) is 0 Å². The Hall–Kier alpha value is -1.56. The molecule has 0 spiro atoms. The van der Waals surface area contributed by atoms with Crippen LogP contribution >= 0.6 is 0 Å². The van der Waals surface area contributed by atoms with Gasteiger partial charge in [-0.15, -0.1) is 0 Å². The summed E-state index contributed by atoms with van der Waals surface area (Å²) < 4.78 is 2.20.